The van der Waals surface area contributed by atoms with E-state index in [-0.39, 0.29) is 13.0 Å². The maximum atomic E-state index is 12.3. The van der Waals surface area contributed by atoms with Crippen LogP contribution < -0.4 is 10.1 Å². The predicted molar refractivity (Wildman–Crippen MR) is 126 cm³/mol. The lowest BCUT2D eigenvalue weighted by molar-refractivity contribution is 0.135. The first kappa shape index (κ1) is 24.3. The molecule has 7 nitrogen and oxygen atoms in total. The van der Waals surface area contributed by atoms with Crippen molar-refractivity contribution in [2.75, 3.05) is 5.75 Å². The van der Waals surface area contributed by atoms with E-state index in [1.165, 1.54) is 0 Å². The molecule has 1 amide bonds. The van der Waals surface area contributed by atoms with E-state index in [0.29, 0.717) is 18.8 Å². The third kappa shape index (κ3) is 9.34. The molecule has 0 unspecified atom stereocenters. The maximum Gasteiger partial charge on any atom is 0.407 e. The number of rotatable bonds is 11. The largest absolute Gasteiger partial charge is 0.489 e. The van der Waals surface area contributed by atoms with Crippen molar-refractivity contribution in [3.05, 3.63) is 102 Å². The first-order valence-corrected chi connectivity index (χ1v) is 12.2. The summed E-state index contributed by atoms with van der Waals surface area (Å²) in [4.78, 5) is 12.3. The Labute approximate surface area is 194 Å². The van der Waals surface area contributed by atoms with Crippen molar-refractivity contribution >= 4 is 16.2 Å². The van der Waals surface area contributed by atoms with Gasteiger partial charge in [0.05, 0.1) is 5.75 Å². The summed E-state index contributed by atoms with van der Waals surface area (Å²) in [5.41, 5.74) is 2.78. The van der Waals surface area contributed by atoms with Crippen LogP contribution in [0.5, 0.6) is 5.75 Å². The van der Waals surface area contributed by atoms with Crippen molar-refractivity contribution in [1.29, 1.82) is 0 Å². The SMILES string of the molecule is O=C(N[C@H](CCS(=O)(=O)O)Cc1ccc(OCc2ccccc2)cc1)OCc1ccccc1. The number of carbonyl (C=O) groups excluding carboxylic acids is 1. The van der Waals surface area contributed by atoms with Gasteiger partial charge >= 0.3 is 6.09 Å². The monoisotopic (exact) mass is 469 g/mol. The molecule has 0 heterocycles. The van der Waals surface area contributed by atoms with E-state index in [1.54, 1.807) is 0 Å². The number of hydrogen-bond donors (Lipinski definition) is 2. The second kappa shape index (κ2) is 12.0. The highest BCUT2D eigenvalue weighted by atomic mass is 32.2. The van der Waals surface area contributed by atoms with Crippen LogP contribution in [0.2, 0.25) is 0 Å². The molecule has 0 aliphatic rings. The van der Waals surface area contributed by atoms with Gasteiger partial charge in [-0.2, -0.15) is 8.42 Å². The van der Waals surface area contributed by atoms with Crippen LogP contribution in [0.25, 0.3) is 0 Å². The van der Waals surface area contributed by atoms with Crippen LogP contribution in [0, 0.1) is 0 Å². The first-order chi connectivity index (χ1) is 15.9. The van der Waals surface area contributed by atoms with Crippen molar-refractivity contribution in [2.24, 2.45) is 0 Å². The Morgan fingerprint density at radius 3 is 1.97 bits per heavy atom. The van der Waals surface area contributed by atoms with Gasteiger partial charge in [-0.05, 0) is 41.7 Å². The Morgan fingerprint density at radius 2 is 1.39 bits per heavy atom. The van der Waals surface area contributed by atoms with E-state index in [2.05, 4.69) is 5.32 Å². The van der Waals surface area contributed by atoms with Crippen LogP contribution in [0.1, 0.15) is 23.1 Å². The van der Waals surface area contributed by atoms with Crippen LogP contribution in [-0.4, -0.2) is 30.9 Å². The molecule has 0 radical (unpaired) electrons. The van der Waals surface area contributed by atoms with E-state index >= 15 is 0 Å². The number of hydrogen-bond acceptors (Lipinski definition) is 5. The Morgan fingerprint density at radius 1 is 0.818 bits per heavy atom. The fraction of sp³-hybridized carbons (Fsp3) is 0.240. The average Bonchev–Trinajstić information content (AvgIpc) is 2.82. The van der Waals surface area contributed by atoms with Crippen LogP contribution in [0.4, 0.5) is 4.79 Å². The Bertz CT molecular complexity index is 1100. The quantitative estimate of drug-likeness (QED) is 0.404. The van der Waals surface area contributed by atoms with Gasteiger partial charge in [0.2, 0.25) is 0 Å². The number of benzene rings is 3. The maximum absolute atomic E-state index is 12.3. The third-order valence-electron chi connectivity index (χ3n) is 4.91. The zero-order valence-electron chi connectivity index (χ0n) is 18.1. The molecule has 174 valence electrons. The Balaban J connectivity index is 1.56. The lowest BCUT2D eigenvalue weighted by Crippen LogP contribution is -2.38. The smallest absolute Gasteiger partial charge is 0.407 e. The molecule has 8 heteroatoms. The molecule has 0 bridgehead atoms. The van der Waals surface area contributed by atoms with E-state index < -0.39 is 28.0 Å². The Hall–Kier alpha value is -3.36. The molecule has 0 saturated heterocycles. The second-order valence-electron chi connectivity index (χ2n) is 7.60. The van der Waals surface area contributed by atoms with Crippen LogP contribution in [0.15, 0.2) is 84.9 Å². The summed E-state index contributed by atoms with van der Waals surface area (Å²) in [5, 5.41) is 2.70. The van der Waals surface area contributed by atoms with Gasteiger partial charge < -0.3 is 14.8 Å². The fourth-order valence-corrected chi connectivity index (χ4v) is 3.78. The number of alkyl carbamates (subject to hydrolysis) is 1. The topological polar surface area (TPSA) is 102 Å². The molecule has 0 saturated carbocycles. The predicted octanol–water partition coefficient (Wildman–Crippen LogP) is 4.38. The van der Waals surface area contributed by atoms with Crippen LogP contribution in [0.3, 0.4) is 0 Å². The lowest BCUT2D eigenvalue weighted by atomic mass is 10.0. The molecule has 2 N–H and O–H groups in total. The van der Waals surface area contributed by atoms with Gasteiger partial charge in [-0.25, -0.2) is 4.79 Å². The molecule has 3 rings (SSSR count). The lowest BCUT2D eigenvalue weighted by Gasteiger charge is -2.18. The minimum atomic E-state index is -4.16. The zero-order chi connectivity index (χ0) is 23.5. The highest BCUT2D eigenvalue weighted by Crippen LogP contribution is 2.16. The minimum absolute atomic E-state index is 0.0472. The molecular formula is C25H27NO6S. The van der Waals surface area contributed by atoms with Crippen LogP contribution >= 0.6 is 0 Å². The van der Waals surface area contributed by atoms with Crippen molar-refractivity contribution < 1.29 is 27.2 Å². The van der Waals surface area contributed by atoms with Gasteiger partial charge in [-0.3, -0.25) is 4.55 Å². The molecule has 0 aliphatic heterocycles. The van der Waals surface area contributed by atoms with E-state index in [4.69, 9.17) is 14.0 Å². The molecular weight excluding hydrogens is 442 g/mol. The van der Waals surface area contributed by atoms with Crippen molar-refractivity contribution in [3.8, 4) is 5.75 Å². The summed E-state index contributed by atoms with van der Waals surface area (Å²) in [7, 11) is -4.16. The first-order valence-electron chi connectivity index (χ1n) is 10.6. The minimum Gasteiger partial charge on any atom is -0.489 e. The van der Waals surface area contributed by atoms with E-state index in [0.717, 1.165) is 16.7 Å². The second-order valence-corrected chi connectivity index (χ2v) is 9.17. The van der Waals surface area contributed by atoms with Crippen molar-refractivity contribution in [2.45, 2.75) is 32.1 Å². The molecule has 33 heavy (non-hydrogen) atoms. The molecule has 3 aromatic rings. The summed E-state index contributed by atoms with van der Waals surface area (Å²) < 4.78 is 42.6. The van der Waals surface area contributed by atoms with Gasteiger partial charge in [-0.15, -0.1) is 0 Å². The molecule has 3 aromatic carbocycles. The molecule has 0 fully saturated rings. The summed E-state index contributed by atoms with van der Waals surface area (Å²) in [5.74, 6) is 0.238. The summed E-state index contributed by atoms with van der Waals surface area (Å²) >= 11 is 0. The summed E-state index contributed by atoms with van der Waals surface area (Å²) in [6.45, 7) is 0.553. The normalized spacial score (nSPS) is 12.0. The third-order valence-corrected chi connectivity index (χ3v) is 5.66. The van der Waals surface area contributed by atoms with E-state index in [9.17, 15) is 13.2 Å². The standard InChI is InChI=1S/C25H27NO6S/c27-25(32-19-22-9-5-2-6-10-22)26-23(15-16-33(28,29)30)17-20-11-13-24(14-12-20)31-18-21-7-3-1-4-8-21/h1-14,23H,15-19H2,(H,26,27)(H,28,29,30)/t23-/m1/s1. The highest BCUT2D eigenvalue weighted by molar-refractivity contribution is 7.85. The Kier molecular flexibility index (Phi) is 8.86. The zero-order valence-corrected chi connectivity index (χ0v) is 18.9. The molecule has 0 spiro atoms. The van der Waals surface area contributed by atoms with Gasteiger partial charge in [0.25, 0.3) is 10.1 Å². The fourth-order valence-electron chi connectivity index (χ4n) is 3.20. The summed E-state index contributed by atoms with van der Waals surface area (Å²) in [6, 6.07) is 25.9. The van der Waals surface area contributed by atoms with Gasteiger partial charge in [0.15, 0.2) is 0 Å². The van der Waals surface area contributed by atoms with Gasteiger partial charge in [0.1, 0.15) is 19.0 Å². The number of carbonyl (C=O) groups is 1. The van der Waals surface area contributed by atoms with Crippen molar-refractivity contribution in [3.63, 3.8) is 0 Å². The number of ether oxygens (including phenoxy) is 2. The number of amides is 1. The van der Waals surface area contributed by atoms with Gasteiger partial charge in [0, 0.05) is 6.04 Å². The molecule has 0 aromatic heterocycles. The molecule has 1 atom stereocenters. The molecule has 0 aliphatic carbocycles. The van der Waals surface area contributed by atoms with Crippen LogP contribution in [-0.2, 0) is 34.5 Å². The average molecular weight is 470 g/mol. The van der Waals surface area contributed by atoms with E-state index in [1.807, 2.05) is 84.9 Å². The van der Waals surface area contributed by atoms with Gasteiger partial charge in [-0.1, -0.05) is 72.8 Å². The number of nitrogens with one attached hydrogen (secondary N) is 1. The van der Waals surface area contributed by atoms with Crippen molar-refractivity contribution in [1.82, 2.24) is 5.32 Å². The highest BCUT2D eigenvalue weighted by Gasteiger charge is 2.17. The summed E-state index contributed by atoms with van der Waals surface area (Å²) in [6.07, 6.45) is -0.234.